The number of benzene rings is 1. The van der Waals surface area contributed by atoms with Crippen LogP contribution in [0.2, 0.25) is 0 Å². The van der Waals surface area contributed by atoms with Crippen LogP contribution in [-0.4, -0.2) is 18.9 Å². The van der Waals surface area contributed by atoms with E-state index < -0.39 is 0 Å². The Morgan fingerprint density at radius 3 is 2.53 bits per heavy atom. The lowest BCUT2D eigenvalue weighted by Gasteiger charge is -2.09. The van der Waals surface area contributed by atoms with Gasteiger partial charge < -0.3 is 5.32 Å². The van der Waals surface area contributed by atoms with Crippen molar-refractivity contribution < 1.29 is 9.18 Å². The molecule has 1 rings (SSSR count). The van der Waals surface area contributed by atoms with Crippen molar-refractivity contribution in [1.29, 1.82) is 0 Å². The largest absolute Gasteiger partial charge is 0.310 e. The second-order valence-corrected chi connectivity index (χ2v) is 3.34. The summed E-state index contributed by atoms with van der Waals surface area (Å²) >= 11 is 0. The molecular weight excluding hydrogens is 217 g/mol. The van der Waals surface area contributed by atoms with Gasteiger partial charge in [0.2, 0.25) is 0 Å². The van der Waals surface area contributed by atoms with Gasteiger partial charge in [0.15, 0.2) is 5.78 Å². The number of halogens is 2. The molecular formula is C11H15ClFNO. The normalized spacial score (nSPS) is 11.7. The summed E-state index contributed by atoms with van der Waals surface area (Å²) in [5, 5.41) is 2.85. The Morgan fingerprint density at radius 1 is 1.47 bits per heavy atom. The zero-order chi connectivity index (χ0) is 10.7. The predicted molar refractivity (Wildman–Crippen MR) is 61.2 cm³/mol. The highest BCUT2D eigenvalue weighted by Gasteiger charge is 2.13. The van der Waals surface area contributed by atoms with Crippen LogP contribution in [0.5, 0.6) is 0 Å². The van der Waals surface area contributed by atoms with Gasteiger partial charge in [-0.15, -0.1) is 12.4 Å². The summed E-state index contributed by atoms with van der Waals surface area (Å²) in [6, 6.07) is 4.18. The molecule has 1 atom stereocenters. The highest BCUT2D eigenvalue weighted by Crippen LogP contribution is 2.10. The Hall–Kier alpha value is -0.930. The molecule has 0 bridgehead atoms. The second kappa shape index (κ2) is 5.83. The third-order valence-electron chi connectivity index (χ3n) is 2.27. The first-order chi connectivity index (χ1) is 6.56. The topological polar surface area (TPSA) is 29.1 Å². The van der Waals surface area contributed by atoms with E-state index in [9.17, 15) is 9.18 Å². The number of carbonyl (C=O) groups excluding carboxylic acids is 1. The smallest absolute Gasteiger partial charge is 0.179 e. The van der Waals surface area contributed by atoms with Gasteiger partial charge in [-0.3, -0.25) is 4.79 Å². The summed E-state index contributed by atoms with van der Waals surface area (Å²) in [4.78, 5) is 11.7. The van der Waals surface area contributed by atoms with Crippen LogP contribution >= 0.6 is 12.4 Å². The molecule has 2 nitrogen and oxygen atoms in total. The molecule has 0 aromatic heterocycles. The molecule has 4 heteroatoms. The summed E-state index contributed by atoms with van der Waals surface area (Å²) in [6.07, 6.45) is 0. The molecule has 1 N–H and O–H groups in total. The Morgan fingerprint density at radius 2 is 2.07 bits per heavy atom. The summed E-state index contributed by atoms with van der Waals surface area (Å²) in [5.74, 6) is -0.297. The van der Waals surface area contributed by atoms with E-state index in [-0.39, 0.29) is 30.0 Å². The maximum absolute atomic E-state index is 12.9. The molecule has 84 valence electrons. The fourth-order valence-corrected chi connectivity index (χ4v) is 1.18. The maximum atomic E-state index is 12.9. The number of hydrogen-bond acceptors (Lipinski definition) is 2. The number of aryl methyl sites for hydroxylation is 1. The van der Waals surface area contributed by atoms with Gasteiger partial charge in [0, 0.05) is 5.56 Å². The summed E-state index contributed by atoms with van der Waals surface area (Å²) in [5.41, 5.74) is 1.05. The number of carbonyl (C=O) groups is 1. The fraction of sp³-hybridized carbons (Fsp3) is 0.364. The number of ketones is 1. The first-order valence-electron chi connectivity index (χ1n) is 4.54. The van der Waals surface area contributed by atoms with Crippen molar-refractivity contribution in [3.63, 3.8) is 0 Å². The van der Waals surface area contributed by atoms with Gasteiger partial charge in [-0.1, -0.05) is 0 Å². The molecule has 0 heterocycles. The lowest BCUT2D eigenvalue weighted by molar-refractivity contribution is 0.0955. The van der Waals surface area contributed by atoms with Crippen LogP contribution in [-0.2, 0) is 0 Å². The average Bonchev–Trinajstić information content (AvgIpc) is 2.20. The lowest BCUT2D eigenvalue weighted by atomic mass is 10.0. The third kappa shape index (κ3) is 3.29. The Labute approximate surface area is 95.3 Å². The van der Waals surface area contributed by atoms with Crippen molar-refractivity contribution in [2.45, 2.75) is 19.9 Å². The van der Waals surface area contributed by atoms with Gasteiger partial charge in [0.25, 0.3) is 0 Å². The molecule has 1 aromatic rings. The van der Waals surface area contributed by atoms with Crippen LogP contribution in [0.25, 0.3) is 0 Å². The van der Waals surface area contributed by atoms with Crippen LogP contribution in [0, 0.1) is 12.7 Å². The van der Waals surface area contributed by atoms with Gasteiger partial charge in [-0.2, -0.15) is 0 Å². The number of Topliss-reactive ketones (excluding diaryl/α,β-unsaturated/α-hetero) is 1. The zero-order valence-electron chi connectivity index (χ0n) is 9.00. The highest BCUT2D eigenvalue weighted by atomic mass is 35.5. The zero-order valence-corrected chi connectivity index (χ0v) is 9.82. The van der Waals surface area contributed by atoms with E-state index in [1.54, 1.807) is 27.0 Å². The first-order valence-corrected chi connectivity index (χ1v) is 4.54. The fourth-order valence-electron chi connectivity index (χ4n) is 1.18. The van der Waals surface area contributed by atoms with Crippen LogP contribution < -0.4 is 5.32 Å². The van der Waals surface area contributed by atoms with E-state index in [0.717, 1.165) is 0 Å². The minimum atomic E-state index is -0.279. The molecule has 1 aromatic carbocycles. The SMILES string of the molecule is CNC(C)C(=O)c1ccc(F)c(C)c1.Cl. The lowest BCUT2D eigenvalue weighted by Crippen LogP contribution is -2.30. The van der Waals surface area contributed by atoms with E-state index in [1.807, 2.05) is 0 Å². The molecule has 0 aliphatic rings. The summed E-state index contributed by atoms with van der Waals surface area (Å²) in [6.45, 7) is 3.43. The molecule has 0 saturated heterocycles. The molecule has 15 heavy (non-hydrogen) atoms. The minimum absolute atomic E-state index is 0. The number of likely N-dealkylation sites (N-methyl/N-ethyl adjacent to an activating group) is 1. The van der Waals surface area contributed by atoms with E-state index >= 15 is 0 Å². The van der Waals surface area contributed by atoms with Gasteiger partial charge in [-0.25, -0.2) is 4.39 Å². The van der Waals surface area contributed by atoms with Crippen molar-refractivity contribution in [3.8, 4) is 0 Å². The Balaban J connectivity index is 0.00000196. The maximum Gasteiger partial charge on any atom is 0.179 e. The van der Waals surface area contributed by atoms with Crippen LogP contribution in [0.1, 0.15) is 22.8 Å². The Bertz CT molecular complexity index is 354. The molecule has 0 amide bonds. The van der Waals surface area contributed by atoms with Crippen LogP contribution in [0.4, 0.5) is 4.39 Å². The standard InChI is InChI=1S/C11H14FNO.ClH/c1-7-6-9(4-5-10(7)12)11(14)8(2)13-3;/h4-6,8,13H,1-3H3;1H. The molecule has 0 saturated carbocycles. The molecule has 1 unspecified atom stereocenters. The van der Waals surface area contributed by atoms with Crippen molar-refractivity contribution in [3.05, 3.63) is 35.1 Å². The van der Waals surface area contributed by atoms with Gasteiger partial charge in [0.05, 0.1) is 6.04 Å². The van der Waals surface area contributed by atoms with Crippen LogP contribution in [0.15, 0.2) is 18.2 Å². The molecule has 0 aliphatic carbocycles. The van der Waals surface area contributed by atoms with Crippen LogP contribution in [0.3, 0.4) is 0 Å². The van der Waals surface area contributed by atoms with E-state index in [0.29, 0.717) is 11.1 Å². The number of nitrogens with one attached hydrogen (secondary N) is 1. The second-order valence-electron chi connectivity index (χ2n) is 3.34. The minimum Gasteiger partial charge on any atom is -0.310 e. The molecule has 0 fully saturated rings. The molecule has 0 aliphatic heterocycles. The third-order valence-corrected chi connectivity index (χ3v) is 2.27. The van der Waals surface area contributed by atoms with Gasteiger partial charge in [0.1, 0.15) is 5.82 Å². The quantitative estimate of drug-likeness (QED) is 0.810. The number of hydrogen-bond donors (Lipinski definition) is 1. The van der Waals surface area contributed by atoms with Crippen molar-refractivity contribution in [2.24, 2.45) is 0 Å². The van der Waals surface area contributed by atoms with Gasteiger partial charge in [-0.05, 0) is 44.7 Å². The van der Waals surface area contributed by atoms with E-state index in [4.69, 9.17) is 0 Å². The monoisotopic (exact) mass is 231 g/mol. The van der Waals surface area contributed by atoms with E-state index in [2.05, 4.69) is 5.32 Å². The van der Waals surface area contributed by atoms with Crippen molar-refractivity contribution in [1.82, 2.24) is 5.32 Å². The highest BCUT2D eigenvalue weighted by molar-refractivity contribution is 5.99. The van der Waals surface area contributed by atoms with E-state index in [1.165, 1.54) is 12.1 Å². The number of rotatable bonds is 3. The van der Waals surface area contributed by atoms with Crippen molar-refractivity contribution in [2.75, 3.05) is 7.05 Å². The van der Waals surface area contributed by atoms with Crippen molar-refractivity contribution >= 4 is 18.2 Å². The average molecular weight is 232 g/mol. The van der Waals surface area contributed by atoms with Gasteiger partial charge >= 0.3 is 0 Å². The predicted octanol–water partition coefficient (Wildman–Crippen LogP) is 2.35. The molecule has 0 spiro atoms. The summed E-state index contributed by atoms with van der Waals surface area (Å²) < 4.78 is 12.9. The Kier molecular flexibility index (Phi) is 5.47. The first kappa shape index (κ1) is 14.1. The molecule has 0 radical (unpaired) electrons. The summed E-state index contributed by atoms with van der Waals surface area (Å²) in [7, 11) is 1.72.